The van der Waals surface area contributed by atoms with Crippen LogP contribution in [0, 0.1) is 13.8 Å². The van der Waals surface area contributed by atoms with Gasteiger partial charge in [-0.05, 0) is 36.6 Å². The lowest BCUT2D eigenvalue weighted by molar-refractivity contribution is -0.129. The van der Waals surface area contributed by atoms with E-state index >= 15 is 0 Å². The number of likely N-dealkylation sites (N-methyl/N-ethyl adjacent to an activating group) is 1. The Morgan fingerprint density at radius 1 is 1.12 bits per heavy atom. The third-order valence-corrected chi connectivity index (χ3v) is 4.69. The highest BCUT2D eigenvalue weighted by Gasteiger charge is 2.15. The molecule has 26 heavy (non-hydrogen) atoms. The van der Waals surface area contributed by atoms with Crippen molar-refractivity contribution < 1.29 is 4.79 Å². The summed E-state index contributed by atoms with van der Waals surface area (Å²) in [4.78, 5) is 33.2. The van der Waals surface area contributed by atoms with Crippen LogP contribution in [-0.2, 0) is 17.6 Å². The van der Waals surface area contributed by atoms with Crippen LogP contribution in [0.2, 0.25) is 0 Å². The summed E-state index contributed by atoms with van der Waals surface area (Å²) >= 11 is 0. The average molecular weight is 349 g/mol. The lowest BCUT2D eigenvalue weighted by atomic mass is 10.0. The smallest absolute Gasteiger partial charge is 0.254 e. The molecule has 5 heteroatoms. The van der Waals surface area contributed by atoms with Crippen LogP contribution in [0.15, 0.2) is 47.3 Å². The second-order valence-corrected chi connectivity index (χ2v) is 6.60. The molecule has 1 amide bonds. The molecule has 1 N–H and O–H groups in total. The predicted molar refractivity (Wildman–Crippen MR) is 103 cm³/mol. The summed E-state index contributed by atoms with van der Waals surface area (Å²) in [5, 5.41) is 2.41. The molecule has 0 saturated heterocycles. The van der Waals surface area contributed by atoms with E-state index in [9.17, 15) is 9.59 Å². The molecule has 0 unspecified atom stereocenters. The molecule has 0 fully saturated rings. The maximum atomic E-state index is 12.5. The summed E-state index contributed by atoms with van der Waals surface area (Å²) < 4.78 is 0. The number of fused-ring (bicyclic) bond motifs is 1. The first-order valence-electron chi connectivity index (χ1n) is 8.72. The minimum absolute atomic E-state index is 0.0699. The van der Waals surface area contributed by atoms with Gasteiger partial charge < -0.3 is 9.88 Å². The number of aryl methyl sites for hydroxylation is 2. The highest BCUT2D eigenvalue weighted by atomic mass is 16.2. The van der Waals surface area contributed by atoms with Gasteiger partial charge in [0.2, 0.25) is 5.91 Å². The summed E-state index contributed by atoms with van der Waals surface area (Å²) in [6.45, 7) is 4.10. The van der Waals surface area contributed by atoms with Gasteiger partial charge in [0.05, 0.1) is 6.42 Å². The molecule has 0 spiro atoms. The minimum Gasteiger partial charge on any atom is -0.345 e. The zero-order chi connectivity index (χ0) is 18.7. The summed E-state index contributed by atoms with van der Waals surface area (Å²) in [5.74, 6) is 0.484. The summed E-state index contributed by atoms with van der Waals surface area (Å²) in [6, 6.07) is 14.5. The summed E-state index contributed by atoms with van der Waals surface area (Å²) in [6.07, 6.45) is 0.839. The summed E-state index contributed by atoms with van der Waals surface area (Å²) in [7, 11) is 1.78. The summed E-state index contributed by atoms with van der Waals surface area (Å²) in [5.41, 5.74) is 2.04. The van der Waals surface area contributed by atoms with E-state index in [1.807, 2.05) is 18.2 Å². The first-order valence-corrected chi connectivity index (χ1v) is 8.72. The van der Waals surface area contributed by atoms with Crippen molar-refractivity contribution in [1.29, 1.82) is 0 Å². The van der Waals surface area contributed by atoms with Crippen molar-refractivity contribution in [2.45, 2.75) is 26.7 Å². The Morgan fingerprint density at radius 3 is 2.62 bits per heavy atom. The minimum atomic E-state index is -0.231. The predicted octanol–water partition coefficient (Wildman–Crippen LogP) is 2.78. The first-order chi connectivity index (χ1) is 12.5. The number of aromatic amines is 1. The SMILES string of the molecule is Cc1nc(C)c(CC(=O)N(C)CCc2cccc3ccccc23)c(=O)[nH]1. The molecule has 134 valence electrons. The number of nitrogens with one attached hydrogen (secondary N) is 1. The van der Waals surface area contributed by atoms with E-state index in [1.54, 1.807) is 25.8 Å². The van der Waals surface area contributed by atoms with Crippen LogP contribution in [0.25, 0.3) is 10.8 Å². The number of H-pyrrole nitrogens is 1. The van der Waals surface area contributed by atoms with Gasteiger partial charge in [0, 0.05) is 24.8 Å². The van der Waals surface area contributed by atoms with Crippen molar-refractivity contribution in [3.8, 4) is 0 Å². The van der Waals surface area contributed by atoms with Crippen molar-refractivity contribution in [2.75, 3.05) is 13.6 Å². The van der Waals surface area contributed by atoms with E-state index in [2.05, 4.69) is 34.2 Å². The van der Waals surface area contributed by atoms with Gasteiger partial charge in [0.1, 0.15) is 5.82 Å². The number of rotatable bonds is 5. The number of carbonyl (C=O) groups is 1. The number of nitrogens with zero attached hydrogens (tertiary/aromatic N) is 2. The van der Waals surface area contributed by atoms with E-state index in [4.69, 9.17) is 0 Å². The fourth-order valence-electron chi connectivity index (χ4n) is 3.17. The molecule has 0 aliphatic carbocycles. The van der Waals surface area contributed by atoms with Crippen molar-refractivity contribution in [2.24, 2.45) is 0 Å². The molecule has 0 aliphatic rings. The van der Waals surface area contributed by atoms with Gasteiger partial charge in [-0.1, -0.05) is 42.5 Å². The van der Waals surface area contributed by atoms with Crippen LogP contribution in [0.1, 0.15) is 22.6 Å². The van der Waals surface area contributed by atoms with Crippen LogP contribution in [0.4, 0.5) is 0 Å². The van der Waals surface area contributed by atoms with E-state index in [-0.39, 0.29) is 17.9 Å². The fourth-order valence-corrected chi connectivity index (χ4v) is 3.17. The van der Waals surface area contributed by atoms with Crippen molar-refractivity contribution in [3.63, 3.8) is 0 Å². The van der Waals surface area contributed by atoms with Gasteiger partial charge in [-0.2, -0.15) is 0 Å². The quantitative estimate of drug-likeness (QED) is 0.770. The normalized spacial score (nSPS) is 10.9. The zero-order valence-corrected chi connectivity index (χ0v) is 15.4. The van der Waals surface area contributed by atoms with Crippen LogP contribution >= 0.6 is 0 Å². The molecule has 0 saturated carbocycles. The Labute approximate surface area is 152 Å². The molecule has 3 aromatic rings. The van der Waals surface area contributed by atoms with Gasteiger partial charge in [-0.25, -0.2) is 4.98 Å². The average Bonchev–Trinajstić information content (AvgIpc) is 2.62. The van der Waals surface area contributed by atoms with E-state index in [0.717, 1.165) is 6.42 Å². The lowest BCUT2D eigenvalue weighted by Crippen LogP contribution is -2.32. The largest absolute Gasteiger partial charge is 0.345 e. The maximum absolute atomic E-state index is 12.5. The van der Waals surface area contributed by atoms with Crippen LogP contribution in [0.5, 0.6) is 0 Å². The van der Waals surface area contributed by atoms with Crippen molar-refractivity contribution in [3.05, 3.63) is 75.5 Å². The molecule has 1 aromatic heterocycles. The number of benzene rings is 2. The number of aromatic nitrogens is 2. The van der Waals surface area contributed by atoms with Crippen molar-refractivity contribution in [1.82, 2.24) is 14.9 Å². The van der Waals surface area contributed by atoms with E-state index < -0.39 is 0 Å². The topological polar surface area (TPSA) is 66.1 Å². The Hall–Kier alpha value is -2.95. The Morgan fingerprint density at radius 2 is 1.85 bits per heavy atom. The molecule has 5 nitrogen and oxygen atoms in total. The van der Waals surface area contributed by atoms with Gasteiger partial charge in [-0.3, -0.25) is 9.59 Å². The fraction of sp³-hybridized carbons (Fsp3) is 0.286. The molecule has 0 bridgehead atoms. The number of amides is 1. The molecule has 0 aliphatic heterocycles. The van der Waals surface area contributed by atoms with Gasteiger partial charge in [0.25, 0.3) is 5.56 Å². The van der Waals surface area contributed by atoms with Crippen molar-refractivity contribution >= 4 is 16.7 Å². The van der Waals surface area contributed by atoms with Gasteiger partial charge >= 0.3 is 0 Å². The Balaban J connectivity index is 1.69. The Kier molecular flexibility index (Phi) is 5.16. The monoisotopic (exact) mass is 349 g/mol. The second kappa shape index (κ2) is 7.52. The highest BCUT2D eigenvalue weighted by Crippen LogP contribution is 2.19. The molecule has 3 rings (SSSR count). The van der Waals surface area contributed by atoms with Crippen LogP contribution in [0.3, 0.4) is 0 Å². The third kappa shape index (κ3) is 3.82. The maximum Gasteiger partial charge on any atom is 0.254 e. The first kappa shape index (κ1) is 17.9. The number of hydrogen-bond donors (Lipinski definition) is 1. The van der Waals surface area contributed by atoms with Crippen LogP contribution in [-0.4, -0.2) is 34.4 Å². The zero-order valence-electron chi connectivity index (χ0n) is 15.4. The lowest BCUT2D eigenvalue weighted by Gasteiger charge is -2.18. The standard InChI is InChI=1S/C21H23N3O2/c1-14-19(21(26)23-15(2)22-14)13-20(25)24(3)12-11-17-9-6-8-16-7-4-5-10-18(16)17/h4-10H,11-13H2,1-3H3,(H,22,23,26). The second-order valence-electron chi connectivity index (χ2n) is 6.60. The van der Waals surface area contributed by atoms with Gasteiger partial charge in [0.15, 0.2) is 0 Å². The molecule has 2 aromatic carbocycles. The Bertz CT molecular complexity index is 1000. The molecule has 0 atom stereocenters. The number of hydrogen-bond acceptors (Lipinski definition) is 3. The van der Waals surface area contributed by atoms with Crippen LogP contribution < -0.4 is 5.56 Å². The molecule has 0 radical (unpaired) electrons. The molecular weight excluding hydrogens is 326 g/mol. The van der Waals surface area contributed by atoms with Gasteiger partial charge in [-0.15, -0.1) is 0 Å². The van der Waals surface area contributed by atoms with E-state index in [0.29, 0.717) is 23.6 Å². The molecule has 1 heterocycles. The third-order valence-electron chi connectivity index (χ3n) is 4.69. The number of carbonyl (C=O) groups excluding carboxylic acids is 1. The molecular formula is C21H23N3O2. The van der Waals surface area contributed by atoms with E-state index in [1.165, 1.54) is 16.3 Å². The highest BCUT2D eigenvalue weighted by molar-refractivity contribution is 5.85.